The van der Waals surface area contributed by atoms with E-state index in [1.165, 1.54) is 0 Å². The maximum Gasteiger partial charge on any atom is 0.107 e. The van der Waals surface area contributed by atoms with E-state index in [4.69, 9.17) is 10.2 Å². The molecule has 8 nitrogen and oxygen atoms in total. The van der Waals surface area contributed by atoms with Gasteiger partial charge in [0.05, 0.1) is 23.8 Å². The zero-order valence-electron chi connectivity index (χ0n) is 11.2. The van der Waals surface area contributed by atoms with Crippen molar-refractivity contribution in [3.63, 3.8) is 0 Å². The molecule has 0 aliphatic carbocycles. The maximum atomic E-state index is 9.38. The number of aliphatic hydroxyl groups excluding tert-OH is 4. The molecule has 2 unspecified atom stereocenters. The molecule has 114 valence electrons. The molecule has 1 rings (SSSR count). The van der Waals surface area contributed by atoms with E-state index in [0.717, 1.165) is 0 Å². The molecular formula is C12H22N4O4. The highest BCUT2D eigenvalue weighted by Gasteiger charge is 2.05. The van der Waals surface area contributed by atoms with Crippen molar-refractivity contribution >= 4 is 0 Å². The number of hydrogen-bond acceptors (Lipinski definition) is 8. The van der Waals surface area contributed by atoms with Gasteiger partial charge in [0.2, 0.25) is 0 Å². The van der Waals surface area contributed by atoms with E-state index >= 15 is 0 Å². The van der Waals surface area contributed by atoms with Crippen LogP contribution in [0.15, 0.2) is 12.4 Å². The normalized spacial score (nSPS) is 14.2. The Morgan fingerprint density at radius 3 is 1.55 bits per heavy atom. The number of hydrogen-bond donors (Lipinski definition) is 6. The fourth-order valence-electron chi connectivity index (χ4n) is 1.46. The lowest BCUT2D eigenvalue weighted by Crippen LogP contribution is -2.30. The van der Waals surface area contributed by atoms with Crippen LogP contribution in [0.25, 0.3) is 0 Å². The fraction of sp³-hybridized carbons (Fsp3) is 0.667. The van der Waals surface area contributed by atoms with Crippen LogP contribution in [0.2, 0.25) is 0 Å². The summed E-state index contributed by atoms with van der Waals surface area (Å²) < 4.78 is 0. The van der Waals surface area contributed by atoms with E-state index in [-0.39, 0.29) is 26.1 Å². The molecule has 2 atom stereocenters. The molecule has 0 saturated carbocycles. The number of aromatic nitrogens is 2. The van der Waals surface area contributed by atoms with Gasteiger partial charge in [-0.25, -0.2) is 0 Å². The molecule has 0 spiro atoms. The van der Waals surface area contributed by atoms with Crippen molar-refractivity contribution in [3.8, 4) is 0 Å². The van der Waals surface area contributed by atoms with Crippen LogP contribution in [-0.4, -0.2) is 56.1 Å². The molecule has 0 bridgehead atoms. The molecule has 0 saturated heterocycles. The van der Waals surface area contributed by atoms with Gasteiger partial charge in [0, 0.05) is 39.1 Å². The number of rotatable bonds is 10. The van der Waals surface area contributed by atoms with E-state index in [2.05, 4.69) is 20.6 Å². The fourth-order valence-corrected chi connectivity index (χ4v) is 1.46. The average Bonchev–Trinajstić information content (AvgIpc) is 2.45. The third-order valence-corrected chi connectivity index (χ3v) is 2.60. The predicted octanol–water partition coefficient (Wildman–Crippen LogP) is -1.94. The maximum absolute atomic E-state index is 9.38. The molecule has 0 aliphatic heterocycles. The molecule has 20 heavy (non-hydrogen) atoms. The Labute approximate surface area is 117 Å². The van der Waals surface area contributed by atoms with Gasteiger partial charge in [-0.15, -0.1) is 0 Å². The monoisotopic (exact) mass is 286 g/mol. The molecule has 8 heteroatoms. The Hall–Kier alpha value is -1.16. The van der Waals surface area contributed by atoms with E-state index in [1.54, 1.807) is 12.4 Å². The van der Waals surface area contributed by atoms with E-state index in [9.17, 15) is 10.2 Å². The van der Waals surface area contributed by atoms with Crippen molar-refractivity contribution in [3.05, 3.63) is 23.8 Å². The van der Waals surface area contributed by atoms with Crippen LogP contribution >= 0.6 is 0 Å². The summed E-state index contributed by atoms with van der Waals surface area (Å²) in [6, 6.07) is 0. The van der Waals surface area contributed by atoms with Gasteiger partial charge < -0.3 is 20.4 Å². The SMILES string of the molecule is OCCC(O)NCc1cnc(CNC(O)CCO)cn1. The van der Waals surface area contributed by atoms with Crippen LogP contribution in [0.5, 0.6) is 0 Å². The van der Waals surface area contributed by atoms with Crippen LogP contribution in [0.3, 0.4) is 0 Å². The van der Waals surface area contributed by atoms with Crippen molar-refractivity contribution in [2.24, 2.45) is 0 Å². The smallest absolute Gasteiger partial charge is 0.107 e. The second kappa shape index (κ2) is 9.70. The van der Waals surface area contributed by atoms with E-state index in [1.807, 2.05) is 0 Å². The number of nitrogens with one attached hydrogen (secondary N) is 2. The minimum atomic E-state index is -0.767. The first-order valence-electron chi connectivity index (χ1n) is 6.50. The standard InChI is InChI=1S/C12H22N4O4/c17-3-1-11(19)15-7-9-5-14-10(6-13-9)8-16-12(20)2-4-18/h5-6,11-12,15-20H,1-4,7-8H2. The molecule has 1 aromatic rings. The molecular weight excluding hydrogens is 264 g/mol. The summed E-state index contributed by atoms with van der Waals surface area (Å²) in [5.74, 6) is 0. The van der Waals surface area contributed by atoms with Gasteiger partial charge in [0.15, 0.2) is 0 Å². The summed E-state index contributed by atoms with van der Waals surface area (Å²) >= 11 is 0. The summed E-state index contributed by atoms with van der Waals surface area (Å²) in [6.45, 7) is 0.547. The summed E-state index contributed by atoms with van der Waals surface area (Å²) in [7, 11) is 0. The summed E-state index contributed by atoms with van der Waals surface area (Å²) in [4.78, 5) is 8.33. The zero-order valence-corrected chi connectivity index (χ0v) is 11.2. The zero-order chi connectivity index (χ0) is 14.8. The third kappa shape index (κ3) is 6.85. The molecule has 1 aromatic heterocycles. The highest BCUT2D eigenvalue weighted by Crippen LogP contribution is 1.98. The van der Waals surface area contributed by atoms with Gasteiger partial charge in [-0.3, -0.25) is 20.6 Å². The largest absolute Gasteiger partial charge is 0.396 e. The second-order valence-electron chi connectivity index (χ2n) is 4.32. The van der Waals surface area contributed by atoms with Crippen LogP contribution in [0.1, 0.15) is 24.2 Å². The predicted molar refractivity (Wildman–Crippen MR) is 71.1 cm³/mol. The Balaban J connectivity index is 2.32. The van der Waals surface area contributed by atoms with Crippen LogP contribution in [0.4, 0.5) is 0 Å². The van der Waals surface area contributed by atoms with Gasteiger partial charge in [0.25, 0.3) is 0 Å². The Morgan fingerprint density at radius 1 is 0.850 bits per heavy atom. The Kier molecular flexibility index (Phi) is 8.19. The highest BCUT2D eigenvalue weighted by atomic mass is 16.3. The highest BCUT2D eigenvalue weighted by molar-refractivity contribution is 5.02. The lowest BCUT2D eigenvalue weighted by atomic mass is 10.3. The number of aliphatic hydroxyl groups is 4. The third-order valence-electron chi connectivity index (χ3n) is 2.60. The lowest BCUT2D eigenvalue weighted by Gasteiger charge is -2.12. The molecule has 6 N–H and O–H groups in total. The minimum absolute atomic E-state index is 0.0827. The van der Waals surface area contributed by atoms with Crippen LogP contribution in [-0.2, 0) is 13.1 Å². The van der Waals surface area contributed by atoms with Gasteiger partial charge in [-0.05, 0) is 0 Å². The molecule has 0 aliphatic rings. The first kappa shape index (κ1) is 16.9. The average molecular weight is 286 g/mol. The Bertz CT molecular complexity index is 328. The molecule has 0 aromatic carbocycles. The summed E-state index contributed by atoms with van der Waals surface area (Å²) in [5.41, 5.74) is 1.34. The molecule has 0 amide bonds. The van der Waals surface area contributed by atoms with Crippen molar-refractivity contribution < 1.29 is 20.4 Å². The van der Waals surface area contributed by atoms with E-state index in [0.29, 0.717) is 24.5 Å². The quantitative estimate of drug-likeness (QED) is 0.274. The second-order valence-corrected chi connectivity index (χ2v) is 4.32. The van der Waals surface area contributed by atoms with Crippen molar-refractivity contribution in [2.45, 2.75) is 38.4 Å². The van der Waals surface area contributed by atoms with Gasteiger partial charge in [-0.1, -0.05) is 0 Å². The Morgan fingerprint density at radius 2 is 1.25 bits per heavy atom. The first-order valence-corrected chi connectivity index (χ1v) is 6.50. The van der Waals surface area contributed by atoms with Crippen molar-refractivity contribution in [1.29, 1.82) is 0 Å². The summed E-state index contributed by atoms with van der Waals surface area (Å²) in [5, 5.41) is 41.6. The molecule has 0 radical (unpaired) electrons. The van der Waals surface area contributed by atoms with E-state index < -0.39 is 12.5 Å². The topological polar surface area (TPSA) is 131 Å². The van der Waals surface area contributed by atoms with Crippen LogP contribution in [0, 0.1) is 0 Å². The molecule has 0 fully saturated rings. The summed E-state index contributed by atoms with van der Waals surface area (Å²) in [6.07, 6.45) is 2.15. The van der Waals surface area contributed by atoms with Crippen molar-refractivity contribution in [2.75, 3.05) is 13.2 Å². The molecule has 1 heterocycles. The van der Waals surface area contributed by atoms with Gasteiger partial charge in [-0.2, -0.15) is 0 Å². The van der Waals surface area contributed by atoms with Gasteiger partial charge >= 0.3 is 0 Å². The van der Waals surface area contributed by atoms with Crippen molar-refractivity contribution in [1.82, 2.24) is 20.6 Å². The van der Waals surface area contributed by atoms with Crippen LogP contribution < -0.4 is 10.6 Å². The van der Waals surface area contributed by atoms with Gasteiger partial charge in [0.1, 0.15) is 12.5 Å². The lowest BCUT2D eigenvalue weighted by molar-refractivity contribution is 0.0997. The minimum Gasteiger partial charge on any atom is -0.396 e. The number of nitrogens with zero attached hydrogens (tertiary/aromatic N) is 2. The first-order chi connectivity index (χ1) is 9.65.